The Bertz CT molecular complexity index is 591. The van der Waals surface area contributed by atoms with Gasteiger partial charge in [0, 0.05) is 15.3 Å². The highest BCUT2D eigenvalue weighted by Crippen LogP contribution is 2.21. The van der Waals surface area contributed by atoms with Crippen LogP contribution in [0.5, 0.6) is 5.75 Å². The van der Waals surface area contributed by atoms with E-state index in [-0.39, 0.29) is 11.5 Å². The van der Waals surface area contributed by atoms with E-state index >= 15 is 0 Å². The molecule has 0 saturated carbocycles. The molecular formula is C15H14O2S. The summed E-state index contributed by atoms with van der Waals surface area (Å²) in [4.78, 5) is 14.2. The minimum atomic E-state index is 0.0184. The van der Waals surface area contributed by atoms with Crippen LogP contribution in [0.15, 0.2) is 36.4 Å². The molecule has 2 rings (SSSR count). The molecule has 0 spiro atoms. The lowest BCUT2D eigenvalue weighted by molar-refractivity contribution is 0.104. The number of aromatic hydroxyl groups is 1. The number of phenols is 1. The summed E-state index contributed by atoms with van der Waals surface area (Å²) in [5, 5.41) is 9.16. The average Bonchev–Trinajstić information content (AvgIpc) is 2.67. The Balaban J connectivity index is 2.16. The molecule has 1 aromatic heterocycles. The van der Waals surface area contributed by atoms with Crippen LogP contribution in [0.2, 0.25) is 0 Å². The summed E-state index contributed by atoms with van der Waals surface area (Å²) in [6.07, 6.45) is 3.33. The summed E-state index contributed by atoms with van der Waals surface area (Å²) in [5.41, 5.74) is 1.67. The number of allylic oxidation sites excluding steroid dienone is 1. The van der Waals surface area contributed by atoms with Gasteiger partial charge in [-0.1, -0.05) is 18.2 Å². The van der Waals surface area contributed by atoms with Crippen LogP contribution >= 0.6 is 11.3 Å². The summed E-state index contributed by atoms with van der Waals surface area (Å²) in [7, 11) is 0. The van der Waals surface area contributed by atoms with E-state index < -0.39 is 0 Å². The third-order valence-electron chi connectivity index (χ3n) is 2.63. The van der Waals surface area contributed by atoms with Crippen molar-refractivity contribution >= 4 is 23.2 Å². The number of benzene rings is 1. The van der Waals surface area contributed by atoms with Gasteiger partial charge in [-0.05, 0) is 43.7 Å². The molecule has 0 fully saturated rings. The van der Waals surface area contributed by atoms with Gasteiger partial charge in [-0.25, -0.2) is 0 Å². The van der Waals surface area contributed by atoms with Gasteiger partial charge in [0.25, 0.3) is 0 Å². The zero-order chi connectivity index (χ0) is 13.1. The van der Waals surface area contributed by atoms with Gasteiger partial charge >= 0.3 is 0 Å². The molecule has 3 heteroatoms. The first kappa shape index (κ1) is 12.6. The number of aryl methyl sites for hydroxylation is 2. The lowest BCUT2D eigenvalue weighted by atomic mass is 10.1. The first-order chi connectivity index (χ1) is 8.56. The van der Waals surface area contributed by atoms with Crippen LogP contribution in [0.1, 0.15) is 25.7 Å². The van der Waals surface area contributed by atoms with Crippen molar-refractivity contribution in [3.8, 4) is 5.75 Å². The first-order valence-corrected chi connectivity index (χ1v) is 6.46. The number of carbonyl (C=O) groups is 1. The Hall–Kier alpha value is -1.87. The number of phenolic OH excluding ortho intramolecular Hbond substituents is 1. The van der Waals surface area contributed by atoms with Gasteiger partial charge in [0.15, 0.2) is 5.78 Å². The summed E-state index contributed by atoms with van der Waals surface area (Å²) < 4.78 is 0. The van der Waals surface area contributed by atoms with Crippen LogP contribution in [-0.2, 0) is 0 Å². The molecule has 0 aliphatic carbocycles. The second-order valence-electron chi connectivity index (χ2n) is 4.12. The summed E-state index contributed by atoms with van der Waals surface area (Å²) in [5.74, 6) is 0.243. The molecule has 1 aromatic carbocycles. The third kappa shape index (κ3) is 2.87. The smallest absolute Gasteiger partial charge is 0.186 e. The number of rotatable bonds is 3. The van der Waals surface area contributed by atoms with Crippen LogP contribution in [-0.4, -0.2) is 10.9 Å². The number of carbonyl (C=O) groups excluding carboxylic acids is 1. The van der Waals surface area contributed by atoms with Crippen LogP contribution in [0.3, 0.4) is 0 Å². The Morgan fingerprint density at radius 1 is 1.22 bits per heavy atom. The molecule has 1 heterocycles. The van der Waals surface area contributed by atoms with Gasteiger partial charge in [-0.2, -0.15) is 0 Å². The maximum absolute atomic E-state index is 12.0. The van der Waals surface area contributed by atoms with Crippen molar-refractivity contribution < 1.29 is 9.90 Å². The van der Waals surface area contributed by atoms with E-state index in [0.29, 0.717) is 0 Å². The fourth-order valence-electron chi connectivity index (χ4n) is 1.72. The minimum Gasteiger partial charge on any atom is -0.508 e. The van der Waals surface area contributed by atoms with E-state index in [1.807, 2.05) is 19.9 Å². The Morgan fingerprint density at radius 3 is 2.44 bits per heavy atom. The Kier molecular flexibility index (Phi) is 3.63. The number of hydrogen-bond donors (Lipinski definition) is 1. The lowest BCUT2D eigenvalue weighted by Crippen LogP contribution is -1.93. The molecule has 0 radical (unpaired) electrons. The molecule has 92 valence electrons. The number of hydrogen-bond acceptors (Lipinski definition) is 3. The van der Waals surface area contributed by atoms with Gasteiger partial charge in [0.05, 0.1) is 0 Å². The van der Waals surface area contributed by atoms with E-state index in [4.69, 9.17) is 5.11 Å². The van der Waals surface area contributed by atoms with Gasteiger partial charge in [-0.15, -0.1) is 11.3 Å². The fraction of sp³-hybridized carbons (Fsp3) is 0.133. The van der Waals surface area contributed by atoms with Crippen LogP contribution in [0, 0.1) is 13.8 Å². The van der Waals surface area contributed by atoms with Crippen molar-refractivity contribution in [3.05, 3.63) is 57.3 Å². The molecule has 2 aromatic rings. The molecule has 18 heavy (non-hydrogen) atoms. The highest BCUT2D eigenvalue weighted by Gasteiger charge is 2.08. The summed E-state index contributed by atoms with van der Waals surface area (Å²) in [6.45, 7) is 3.96. The van der Waals surface area contributed by atoms with E-state index in [9.17, 15) is 4.79 Å². The molecule has 0 saturated heterocycles. The lowest BCUT2D eigenvalue weighted by Gasteiger charge is -1.95. The maximum Gasteiger partial charge on any atom is 0.186 e. The predicted molar refractivity (Wildman–Crippen MR) is 75.3 cm³/mol. The summed E-state index contributed by atoms with van der Waals surface area (Å²) in [6, 6.07) is 8.66. The predicted octanol–water partition coefficient (Wildman–Crippen LogP) is 3.97. The third-order valence-corrected chi connectivity index (χ3v) is 3.59. The quantitative estimate of drug-likeness (QED) is 0.668. The van der Waals surface area contributed by atoms with Crippen molar-refractivity contribution in [1.82, 2.24) is 0 Å². The zero-order valence-electron chi connectivity index (χ0n) is 10.3. The highest BCUT2D eigenvalue weighted by molar-refractivity contribution is 7.12. The molecule has 1 N–H and O–H groups in total. The highest BCUT2D eigenvalue weighted by atomic mass is 32.1. The first-order valence-electron chi connectivity index (χ1n) is 5.65. The van der Waals surface area contributed by atoms with Gasteiger partial charge in [0.2, 0.25) is 0 Å². The van der Waals surface area contributed by atoms with Crippen LogP contribution < -0.4 is 0 Å². The molecule has 0 bridgehead atoms. The topological polar surface area (TPSA) is 37.3 Å². The van der Waals surface area contributed by atoms with Crippen molar-refractivity contribution in [2.45, 2.75) is 13.8 Å². The normalized spacial score (nSPS) is 11.0. The maximum atomic E-state index is 12.0. The molecule has 0 amide bonds. The van der Waals surface area contributed by atoms with E-state index in [1.165, 1.54) is 0 Å². The van der Waals surface area contributed by atoms with Crippen molar-refractivity contribution in [3.63, 3.8) is 0 Å². The van der Waals surface area contributed by atoms with Crippen LogP contribution in [0.25, 0.3) is 6.08 Å². The Morgan fingerprint density at radius 2 is 1.89 bits per heavy atom. The molecular weight excluding hydrogens is 244 g/mol. The molecule has 0 unspecified atom stereocenters. The molecule has 0 aliphatic rings. The largest absolute Gasteiger partial charge is 0.508 e. The second-order valence-corrected chi connectivity index (χ2v) is 5.58. The molecule has 2 nitrogen and oxygen atoms in total. The van der Waals surface area contributed by atoms with Crippen molar-refractivity contribution in [2.75, 3.05) is 0 Å². The van der Waals surface area contributed by atoms with E-state index in [0.717, 1.165) is 20.9 Å². The number of ketones is 1. The van der Waals surface area contributed by atoms with Gasteiger partial charge in [-0.3, -0.25) is 4.79 Å². The molecule has 0 atom stereocenters. The minimum absolute atomic E-state index is 0.0184. The standard InChI is InChI=1S/C15H14O2S/c1-10-9-14(11(2)18-10)15(17)8-5-12-3-6-13(16)7-4-12/h3-9,16H,1-2H3/b8-5+. The number of thiophene rings is 1. The Labute approximate surface area is 110 Å². The summed E-state index contributed by atoms with van der Waals surface area (Å²) >= 11 is 1.63. The van der Waals surface area contributed by atoms with Crippen LogP contribution in [0.4, 0.5) is 0 Å². The van der Waals surface area contributed by atoms with E-state index in [2.05, 4.69) is 0 Å². The fourth-order valence-corrected chi connectivity index (χ4v) is 2.65. The van der Waals surface area contributed by atoms with Crippen molar-refractivity contribution in [2.24, 2.45) is 0 Å². The molecule has 0 aliphatic heterocycles. The van der Waals surface area contributed by atoms with Crippen molar-refractivity contribution in [1.29, 1.82) is 0 Å². The second kappa shape index (κ2) is 5.19. The SMILES string of the molecule is Cc1cc(C(=O)/C=C/c2ccc(O)cc2)c(C)s1. The van der Waals surface area contributed by atoms with Gasteiger partial charge < -0.3 is 5.11 Å². The zero-order valence-corrected chi connectivity index (χ0v) is 11.1. The monoisotopic (exact) mass is 258 g/mol. The van der Waals surface area contributed by atoms with E-state index in [1.54, 1.807) is 47.8 Å². The average molecular weight is 258 g/mol. The van der Waals surface area contributed by atoms with Gasteiger partial charge in [0.1, 0.15) is 5.75 Å².